The minimum Gasteiger partial charge on any atom is -0.293 e. The maximum atomic E-state index is 11.2. The summed E-state index contributed by atoms with van der Waals surface area (Å²) in [5.41, 5.74) is 0.436. The lowest BCUT2D eigenvalue weighted by Gasteiger charge is -2.02. The minimum atomic E-state index is -3.32. The van der Waals surface area contributed by atoms with Crippen molar-refractivity contribution in [3.8, 4) is 0 Å². The summed E-state index contributed by atoms with van der Waals surface area (Å²) in [5.74, 6) is 0.0945. The lowest BCUT2D eigenvalue weighted by atomic mass is 10.2. The van der Waals surface area contributed by atoms with Crippen molar-refractivity contribution in [1.29, 1.82) is 0 Å². The van der Waals surface area contributed by atoms with Crippen LogP contribution in [0, 0.1) is 0 Å². The summed E-state index contributed by atoms with van der Waals surface area (Å²) in [6.07, 6.45) is 2.36. The molecule has 0 aromatic carbocycles. The molecule has 0 bridgehead atoms. The van der Waals surface area contributed by atoms with Crippen LogP contribution >= 0.6 is 15.9 Å². The van der Waals surface area contributed by atoms with Gasteiger partial charge >= 0.3 is 0 Å². The molecule has 0 aliphatic carbocycles. The number of hydrogen-bond donors (Lipinski definition) is 1. The highest BCUT2D eigenvalue weighted by atomic mass is 79.9. The fourth-order valence-corrected chi connectivity index (χ4v) is 1.71. The van der Waals surface area contributed by atoms with Gasteiger partial charge in [0.05, 0.1) is 11.6 Å². The molecule has 0 saturated heterocycles. The quantitative estimate of drug-likeness (QED) is 0.664. The van der Waals surface area contributed by atoms with E-state index in [4.69, 9.17) is 0 Å². The minimum absolute atomic E-state index is 0.103. The van der Waals surface area contributed by atoms with Crippen LogP contribution in [-0.2, 0) is 10.0 Å². The molecule has 7 heteroatoms. The molecule has 1 heterocycles. The summed E-state index contributed by atoms with van der Waals surface area (Å²) in [6.45, 7) is 0. The summed E-state index contributed by atoms with van der Waals surface area (Å²) in [7, 11) is -3.32. The number of halogens is 1. The van der Waals surface area contributed by atoms with E-state index in [0.29, 0.717) is 5.56 Å². The topological polar surface area (TPSA) is 76.1 Å². The molecule has 0 unspecified atom stereocenters. The smallest absolute Gasteiger partial charge is 0.230 e. The second-order valence-corrected chi connectivity index (χ2v) is 5.17. The van der Waals surface area contributed by atoms with Crippen LogP contribution in [0.2, 0.25) is 0 Å². The fourth-order valence-electron chi connectivity index (χ4n) is 0.886. The van der Waals surface area contributed by atoms with E-state index in [0.717, 1.165) is 6.26 Å². The van der Waals surface area contributed by atoms with Gasteiger partial charge in [-0.1, -0.05) is 15.9 Å². The first kappa shape index (κ1) is 12.1. The second-order valence-electron chi connectivity index (χ2n) is 2.86. The number of anilines is 1. The molecule has 0 spiro atoms. The van der Waals surface area contributed by atoms with Crippen LogP contribution in [0.25, 0.3) is 0 Å². The van der Waals surface area contributed by atoms with E-state index in [9.17, 15) is 13.2 Å². The Bertz CT molecular complexity index is 455. The molecule has 0 aliphatic rings. The van der Waals surface area contributed by atoms with E-state index >= 15 is 0 Å². The van der Waals surface area contributed by atoms with E-state index in [1.807, 2.05) is 0 Å². The van der Waals surface area contributed by atoms with E-state index in [1.54, 1.807) is 0 Å². The maximum absolute atomic E-state index is 11.2. The molecule has 82 valence electrons. The van der Waals surface area contributed by atoms with Gasteiger partial charge in [-0.05, 0) is 12.1 Å². The van der Waals surface area contributed by atoms with Crippen LogP contribution in [0.1, 0.15) is 10.4 Å². The molecule has 0 aliphatic heterocycles. The zero-order chi connectivity index (χ0) is 11.5. The summed E-state index contributed by atoms with van der Waals surface area (Å²) in [5, 5.41) is 0.216. The number of aromatic nitrogens is 1. The molecule has 0 saturated carbocycles. The summed E-state index contributed by atoms with van der Waals surface area (Å²) in [4.78, 5) is 15.0. The summed E-state index contributed by atoms with van der Waals surface area (Å²) < 4.78 is 23.9. The van der Waals surface area contributed by atoms with Crippen molar-refractivity contribution in [2.75, 3.05) is 16.3 Å². The van der Waals surface area contributed by atoms with Crippen LogP contribution in [-0.4, -0.2) is 30.8 Å². The van der Waals surface area contributed by atoms with Crippen molar-refractivity contribution in [2.24, 2.45) is 0 Å². The molecule has 1 aromatic heterocycles. The number of carbonyl (C=O) groups excluding carboxylic acids is 1. The predicted octanol–water partition coefficient (Wildman–Crippen LogP) is 1.03. The number of pyridine rings is 1. The van der Waals surface area contributed by atoms with Gasteiger partial charge in [0, 0.05) is 11.8 Å². The standard InChI is InChI=1S/C8H9BrN2O3S/c1-15(13,14)11-8-3-2-6(5-10-8)7(12)4-9/h2-3,5H,4H2,1H3,(H,10,11). The van der Waals surface area contributed by atoms with Gasteiger partial charge in [0.25, 0.3) is 0 Å². The number of Topliss-reactive ketones (excluding diaryl/α,β-unsaturated/α-hetero) is 1. The Morgan fingerprint density at radius 1 is 1.53 bits per heavy atom. The van der Waals surface area contributed by atoms with Crippen LogP contribution in [0.3, 0.4) is 0 Å². The van der Waals surface area contributed by atoms with E-state index < -0.39 is 10.0 Å². The average Bonchev–Trinajstić information content (AvgIpc) is 2.15. The van der Waals surface area contributed by atoms with Gasteiger partial charge in [0.1, 0.15) is 5.82 Å². The van der Waals surface area contributed by atoms with Crippen molar-refractivity contribution in [3.63, 3.8) is 0 Å². The monoisotopic (exact) mass is 292 g/mol. The number of rotatable bonds is 4. The molecule has 0 fully saturated rings. The van der Waals surface area contributed by atoms with Gasteiger partial charge in [-0.2, -0.15) is 0 Å². The van der Waals surface area contributed by atoms with Crippen LogP contribution in [0.15, 0.2) is 18.3 Å². The zero-order valence-electron chi connectivity index (χ0n) is 7.90. The normalized spacial score (nSPS) is 11.1. The first-order valence-corrected chi connectivity index (χ1v) is 6.96. The van der Waals surface area contributed by atoms with Gasteiger partial charge < -0.3 is 0 Å². The van der Waals surface area contributed by atoms with Gasteiger partial charge in [-0.15, -0.1) is 0 Å². The Morgan fingerprint density at radius 3 is 2.60 bits per heavy atom. The number of carbonyl (C=O) groups is 1. The number of alkyl halides is 1. The van der Waals surface area contributed by atoms with E-state index in [2.05, 4.69) is 25.6 Å². The third-order valence-electron chi connectivity index (χ3n) is 1.50. The Hall–Kier alpha value is -0.950. The molecular formula is C8H9BrN2O3S. The average molecular weight is 293 g/mol. The summed E-state index contributed by atoms with van der Waals surface area (Å²) >= 11 is 3.03. The lowest BCUT2D eigenvalue weighted by Crippen LogP contribution is -2.11. The molecule has 1 N–H and O–H groups in total. The Morgan fingerprint density at radius 2 is 2.20 bits per heavy atom. The molecule has 1 rings (SSSR count). The number of sulfonamides is 1. The molecule has 15 heavy (non-hydrogen) atoms. The lowest BCUT2D eigenvalue weighted by molar-refractivity contribution is 0.102. The van der Waals surface area contributed by atoms with E-state index in [1.165, 1.54) is 18.3 Å². The van der Waals surface area contributed by atoms with E-state index in [-0.39, 0.29) is 16.9 Å². The molecule has 1 aromatic rings. The Labute approximate surface area is 96.1 Å². The third-order valence-corrected chi connectivity index (χ3v) is 2.59. The molecule has 0 amide bonds. The molecule has 0 atom stereocenters. The third kappa shape index (κ3) is 3.96. The first-order chi connectivity index (χ1) is 6.92. The zero-order valence-corrected chi connectivity index (χ0v) is 10.3. The SMILES string of the molecule is CS(=O)(=O)Nc1ccc(C(=O)CBr)cn1. The van der Waals surface area contributed by atoms with Crippen molar-refractivity contribution < 1.29 is 13.2 Å². The van der Waals surface area contributed by atoms with Crippen molar-refractivity contribution in [2.45, 2.75) is 0 Å². The van der Waals surface area contributed by atoms with Crippen LogP contribution in [0.4, 0.5) is 5.82 Å². The van der Waals surface area contributed by atoms with Crippen LogP contribution < -0.4 is 4.72 Å². The largest absolute Gasteiger partial charge is 0.293 e. The van der Waals surface area contributed by atoms with Gasteiger partial charge in [-0.3, -0.25) is 9.52 Å². The van der Waals surface area contributed by atoms with Gasteiger partial charge in [-0.25, -0.2) is 13.4 Å². The number of hydrogen-bond acceptors (Lipinski definition) is 4. The fraction of sp³-hybridized carbons (Fsp3) is 0.250. The van der Waals surface area contributed by atoms with Gasteiger partial charge in [0.15, 0.2) is 5.78 Å². The number of nitrogens with one attached hydrogen (secondary N) is 1. The second kappa shape index (κ2) is 4.71. The van der Waals surface area contributed by atoms with Crippen LogP contribution in [0.5, 0.6) is 0 Å². The van der Waals surface area contributed by atoms with Crippen molar-refractivity contribution >= 4 is 37.6 Å². The highest BCUT2D eigenvalue weighted by Crippen LogP contribution is 2.07. The van der Waals surface area contributed by atoms with Gasteiger partial charge in [0.2, 0.25) is 10.0 Å². The Kier molecular flexibility index (Phi) is 3.81. The predicted molar refractivity (Wildman–Crippen MR) is 60.8 cm³/mol. The summed E-state index contributed by atoms with van der Waals surface area (Å²) in [6, 6.07) is 2.96. The highest BCUT2D eigenvalue weighted by Gasteiger charge is 2.06. The maximum Gasteiger partial charge on any atom is 0.230 e. The molecule has 5 nitrogen and oxygen atoms in total. The highest BCUT2D eigenvalue weighted by molar-refractivity contribution is 9.09. The van der Waals surface area contributed by atoms with Crippen molar-refractivity contribution in [1.82, 2.24) is 4.98 Å². The molecule has 0 radical (unpaired) electrons. The van der Waals surface area contributed by atoms with Crippen molar-refractivity contribution in [3.05, 3.63) is 23.9 Å². The molecular weight excluding hydrogens is 284 g/mol. The first-order valence-electron chi connectivity index (χ1n) is 3.95. The Balaban J connectivity index is 2.86. The number of ketones is 1. The number of nitrogens with zero attached hydrogens (tertiary/aromatic N) is 1.